The normalized spacial score (nSPS) is 12.4. The Bertz CT molecular complexity index is 456. The second kappa shape index (κ2) is 4.28. The van der Waals surface area contributed by atoms with Gasteiger partial charge in [-0.1, -0.05) is 12.1 Å². The van der Waals surface area contributed by atoms with Crippen LogP contribution in [0.1, 0.15) is 17.2 Å². The molecular weight excluding hydrogens is 207 g/mol. The van der Waals surface area contributed by atoms with Crippen molar-refractivity contribution in [2.24, 2.45) is 0 Å². The lowest BCUT2D eigenvalue weighted by Gasteiger charge is -2.11. The van der Waals surface area contributed by atoms with Crippen LogP contribution in [-0.2, 0) is 0 Å². The highest BCUT2D eigenvalue weighted by Gasteiger charge is 2.11. The van der Waals surface area contributed by atoms with E-state index < -0.39 is 11.9 Å². The van der Waals surface area contributed by atoms with Crippen LogP contribution in [-0.4, -0.2) is 10.1 Å². The van der Waals surface area contributed by atoms with E-state index in [2.05, 4.69) is 4.98 Å². The van der Waals surface area contributed by atoms with Crippen molar-refractivity contribution in [2.45, 2.75) is 6.10 Å². The zero-order valence-corrected chi connectivity index (χ0v) is 8.47. The number of nitrogen functional groups attached to an aromatic ring is 1. The molecule has 0 saturated carbocycles. The van der Waals surface area contributed by atoms with Gasteiger partial charge < -0.3 is 10.8 Å². The molecule has 0 spiro atoms. The Labute approximate surface area is 92.4 Å². The van der Waals surface area contributed by atoms with Crippen molar-refractivity contribution >= 4 is 5.69 Å². The molecule has 0 fully saturated rings. The summed E-state index contributed by atoms with van der Waals surface area (Å²) in [5.74, 6) is -0.472. The zero-order valence-electron chi connectivity index (χ0n) is 8.47. The van der Waals surface area contributed by atoms with E-state index in [1.54, 1.807) is 24.3 Å². The van der Waals surface area contributed by atoms with Crippen molar-refractivity contribution < 1.29 is 9.50 Å². The summed E-state index contributed by atoms with van der Waals surface area (Å²) in [5.41, 5.74) is 7.19. The van der Waals surface area contributed by atoms with Crippen molar-refractivity contribution in [1.29, 1.82) is 0 Å². The van der Waals surface area contributed by atoms with E-state index in [-0.39, 0.29) is 0 Å². The topological polar surface area (TPSA) is 59.1 Å². The molecule has 0 bridgehead atoms. The number of aromatic nitrogens is 1. The number of hydrogen-bond donors (Lipinski definition) is 2. The number of benzene rings is 1. The number of nitrogens with two attached hydrogens (primary N) is 1. The van der Waals surface area contributed by atoms with Crippen molar-refractivity contribution in [3.63, 3.8) is 0 Å². The minimum Gasteiger partial charge on any atom is -0.399 e. The van der Waals surface area contributed by atoms with Gasteiger partial charge in [-0.2, -0.15) is 0 Å². The summed E-state index contributed by atoms with van der Waals surface area (Å²) in [6.45, 7) is 0. The molecule has 0 aliphatic heterocycles. The fourth-order valence-electron chi connectivity index (χ4n) is 1.50. The van der Waals surface area contributed by atoms with Crippen molar-refractivity contribution in [1.82, 2.24) is 4.98 Å². The lowest BCUT2D eigenvalue weighted by Crippen LogP contribution is -2.01. The lowest BCUT2D eigenvalue weighted by atomic mass is 10.0. The van der Waals surface area contributed by atoms with Crippen LogP contribution in [0, 0.1) is 5.82 Å². The Kier molecular flexibility index (Phi) is 2.83. The van der Waals surface area contributed by atoms with E-state index >= 15 is 0 Å². The highest BCUT2D eigenvalue weighted by atomic mass is 19.1. The quantitative estimate of drug-likeness (QED) is 0.757. The minimum absolute atomic E-state index is 0.408. The first-order valence-corrected chi connectivity index (χ1v) is 4.81. The van der Waals surface area contributed by atoms with Crippen LogP contribution >= 0.6 is 0 Å². The molecule has 1 unspecified atom stereocenters. The molecule has 1 aromatic heterocycles. The third kappa shape index (κ3) is 2.17. The van der Waals surface area contributed by atoms with Crippen LogP contribution in [0.4, 0.5) is 10.1 Å². The first kappa shape index (κ1) is 10.6. The monoisotopic (exact) mass is 218 g/mol. The Morgan fingerprint density at radius 3 is 2.69 bits per heavy atom. The molecule has 1 atom stereocenters. The maximum absolute atomic E-state index is 12.9. The van der Waals surface area contributed by atoms with Crippen LogP contribution < -0.4 is 5.73 Å². The Balaban J connectivity index is 2.35. The summed E-state index contributed by atoms with van der Waals surface area (Å²) in [7, 11) is 0. The number of aliphatic hydroxyl groups is 1. The molecule has 1 heterocycles. The van der Waals surface area contributed by atoms with Crippen molar-refractivity contribution in [3.05, 3.63) is 59.7 Å². The van der Waals surface area contributed by atoms with Gasteiger partial charge in [0.1, 0.15) is 11.9 Å². The first-order chi connectivity index (χ1) is 7.66. The van der Waals surface area contributed by atoms with Gasteiger partial charge in [-0.15, -0.1) is 0 Å². The summed E-state index contributed by atoms with van der Waals surface area (Å²) in [6.07, 6.45) is 1.61. The number of halogens is 1. The number of anilines is 1. The van der Waals surface area contributed by atoms with Crippen molar-refractivity contribution in [2.75, 3.05) is 5.73 Å². The van der Waals surface area contributed by atoms with Gasteiger partial charge in [-0.05, 0) is 23.8 Å². The summed E-state index contributed by atoms with van der Waals surface area (Å²) < 4.78 is 12.9. The highest BCUT2D eigenvalue weighted by molar-refractivity contribution is 5.43. The SMILES string of the molecule is Nc1cccc(C(O)c2cncc(F)c2)c1. The fourth-order valence-corrected chi connectivity index (χ4v) is 1.50. The third-order valence-electron chi connectivity index (χ3n) is 2.27. The number of rotatable bonds is 2. The van der Waals surface area contributed by atoms with Crippen LogP contribution in [0.2, 0.25) is 0 Å². The second-order valence-electron chi connectivity index (χ2n) is 3.51. The number of aliphatic hydroxyl groups excluding tert-OH is 1. The maximum Gasteiger partial charge on any atom is 0.141 e. The summed E-state index contributed by atoms with van der Waals surface area (Å²) >= 11 is 0. The number of hydrogen-bond acceptors (Lipinski definition) is 3. The minimum atomic E-state index is -0.910. The van der Waals surface area contributed by atoms with E-state index in [0.717, 1.165) is 6.20 Å². The molecule has 2 aromatic rings. The number of nitrogens with zero attached hydrogens (tertiary/aromatic N) is 1. The molecular formula is C12H11FN2O. The Morgan fingerprint density at radius 1 is 1.19 bits per heavy atom. The van der Waals surface area contributed by atoms with Gasteiger partial charge in [0.25, 0.3) is 0 Å². The van der Waals surface area contributed by atoms with Crippen LogP contribution in [0.5, 0.6) is 0 Å². The predicted octanol–water partition coefficient (Wildman–Crippen LogP) is 1.88. The zero-order chi connectivity index (χ0) is 11.5. The fraction of sp³-hybridized carbons (Fsp3) is 0.0833. The first-order valence-electron chi connectivity index (χ1n) is 4.81. The standard InChI is InChI=1S/C12H11FN2O/c13-10-4-9(6-15-7-10)12(16)8-2-1-3-11(14)5-8/h1-7,12,16H,14H2. The molecule has 16 heavy (non-hydrogen) atoms. The molecule has 4 heteroatoms. The van der Waals surface area contributed by atoms with Gasteiger partial charge >= 0.3 is 0 Å². The summed E-state index contributed by atoms with van der Waals surface area (Å²) in [5, 5.41) is 9.98. The number of pyridine rings is 1. The molecule has 3 nitrogen and oxygen atoms in total. The molecule has 0 amide bonds. The molecule has 0 radical (unpaired) electrons. The molecule has 82 valence electrons. The van der Waals surface area contributed by atoms with Gasteiger partial charge in [-0.25, -0.2) is 4.39 Å². The van der Waals surface area contributed by atoms with E-state index in [9.17, 15) is 9.50 Å². The molecule has 0 saturated heterocycles. The van der Waals surface area contributed by atoms with E-state index in [4.69, 9.17) is 5.73 Å². The third-order valence-corrected chi connectivity index (χ3v) is 2.27. The molecule has 1 aromatic carbocycles. The van der Waals surface area contributed by atoms with Crippen LogP contribution in [0.15, 0.2) is 42.7 Å². The average Bonchev–Trinajstić information content (AvgIpc) is 2.28. The lowest BCUT2D eigenvalue weighted by molar-refractivity contribution is 0.219. The van der Waals surface area contributed by atoms with Gasteiger partial charge in [0.05, 0.1) is 6.20 Å². The van der Waals surface area contributed by atoms with Crippen LogP contribution in [0.3, 0.4) is 0 Å². The largest absolute Gasteiger partial charge is 0.399 e. The second-order valence-corrected chi connectivity index (χ2v) is 3.51. The predicted molar refractivity (Wildman–Crippen MR) is 59.1 cm³/mol. The average molecular weight is 218 g/mol. The summed E-state index contributed by atoms with van der Waals surface area (Å²) in [4.78, 5) is 3.69. The molecule has 3 N–H and O–H groups in total. The van der Waals surface area contributed by atoms with E-state index in [1.165, 1.54) is 12.3 Å². The van der Waals surface area contributed by atoms with Gasteiger partial charge in [-0.3, -0.25) is 4.98 Å². The van der Waals surface area contributed by atoms with Gasteiger partial charge in [0.2, 0.25) is 0 Å². The molecule has 0 aliphatic carbocycles. The smallest absolute Gasteiger partial charge is 0.141 e. The molecule has 2 rings (SSSR count). The van der Waals surface area contributed by atoms with Gasteiger partial charge in [0.15, 0.2) is 0 Å². The Hall–Kier alpha value is -1.94. The summed E-state index contributed by atoms with van der Waals surface area (Å²) in [6, 6.07) is 8.09. The maximum atomic E-state index is 12.9. The Morgan fingerprint density at radius 2 is 2.00 bits per heavy atom. The van der Waals surface area contributed by atoms with Crippen molar-refractivity contribution in [3.8, 4) is 0 Å². The molecule has 0 aliphatic rings. The highest BCUT2D eigenvalue weighted by Crippen LogP contribution is 2.22. The van der Waals surface area contributed by atoms with E-state index in [0.29, 0.717) is 16.8 Å². The van der Waals surface area contributed by atoms with Gasteiger partial charge in [0, 0.05) is 17.4 Å². The van der Waals surface area contributed by atoms with E-state index in [1.807, 2.05) is 0 Å². The van der Waals surface area contributed by atoms with Crippen LogP contribution in [0.25, 0.3) is 0 Å².